The zero-order chi connectivity index (χ0) is 22.6. The van der Waals surface area contributed by atoms with Crippen LogP contribution in [0.1, 0.15) is 110 Å². The van der Waals surface area contributed by atoms with E-state index in [0.717, 1.165) is 37.9 Å². The van der Waals surface area contributed by atoms with Gasteiger partial charge in [-0.15, -0.1) is 0 Å². The highest BCUT2D eigenvalue weighted by molar-refractivity contribution is 5.93. The van der Waals surface area contributed by atoms with E-state index in [9.17, 15) is 9.59 Å². The minimum Gasteiger partial charge on any atom is -0.466 e. The van der Waals surface area contributed by atoms with Crippen molar-refractivity contribution in [2.75, 3.05) is 18.1 Å². The summed E-state index contributed by atoms with van der Waals surface area (Å²) >= 11 is 0. The van der Waals surface area contributed by atoms with Gasteiger partial charge in [-0.3, -0.25) is 9.59 Å². The predicted octanol–water partition coefficient (Wildman–Crippen LogP) is 7.45. The molecule has 0 unspecified atom stereocenters. The van der Waals surface area contributed by atoms with E-state index in [-0.39, 0.29) is 11.9 Å². The third kappa shape index (κ3) is 14.0. The highest BCUT2D eigenvalue weighted by atomic mass is 16.5. The summed E-state index contributed by atoms with van der Waals surface area (Å²) < 4.78 is 5.34. The van der Waals surface area contributed by atoms with E-state index >= 15 is 0 Å². The molecule has 0 aliphatic heterocycles. The lowest BCUT2D eigenvalue weighted by Gasteiger charge is -2.22. The zero-order valence-corrected chi connectivity index (χ0v) is 20.1. The molecule has 0 N–H and O–H groups in total. The molecule has 0 heterocycles. The molecule has 4 nitrogen and oxygen atoms in total. The second-order valence-electron chi connectivity index (χ2n) is 8.49. The van der Waals surface area contributed by atoms with E-state index < -0.39 is 0 Å². The number of carbonyl (C=O) groups is 2. The van der Waals surface area contributed by atoms with Crippen LogP contribution in [0.25, 0.3) is 0 Å². The van der Waals surface area contributed by atoms with Gasteiger partial charge in [0.2, 0.25) is 5.91 Å². The van der Waals surface area contributed by atoms with Gasteiger partial charge in [-0.2, -0.15) is 0 Å². The molecular weight excluding hydrogens is 386 g/mol. The van der Waals surface area contributed by atoms with Gasteiger partial charge in [-0.05, 0) is 31.4 Å². The maximum atomic E-state index is 12.7. The fourth-order valence-corrected chi connectivity index (χ4v) is 3.69. The first-order chi connectivity index (χ1) is 15.2. The summed E-state index contributed by atoms with van der Waals surface area (Å²) in [5.41, 5.74) is 0.935. The first kappa shape index (κ1) is 27.2. The number of esters is 1. The number of para-hydroxylation sites is 1. The minimum absolute atomic E-state index is 0.0853. The molecular formula is C27H45NO3. The van der Waals surface area contributed by atoms with Crippen LogP contribution in [-0.2, 0) is 14.3 Å². The largest absolute Gasteiger partial charge is 0.466 e. The van der Waals surface area contributed by atoms with Gasteiger partial charge in [-0.1, -0.05) is 96.3 Å². The van der Waals surface area contributed by atoms with E-state index in [1.165, 1.54) is 51.4 Å². The van der Waals surface area contributed by atoms with Crippen LogP contribution in [0.5, 0.6) is 0 Å². The lowest BCUT2D eigenvalue weighted by Crippen LogP contribution is -2.31. The molecule has 0 radical (unpaired) electrons. The van der Waals surface area contributed by atoms with Crippen molar-refractivity contribution in [1.82, 2.24) is 0 Å². The van der Waals surface area contributed by atoms with Crippen LogP contribution in [0.3, 0.4) is 0 Å². The normalized spacial score (nSPS) is 10.8. The predicted molar refractivity (Wildman–Crippen MR) is 130 cm³/mol. The van der Waals surface area contributed by atoms with Gasteiger partial charge in [0.05, 0.1) is 6.61 Å². The van der Waals surface area contributed by atoms with Crippen molar-refractivity contribution in [3.8, 4) is 0 Å². The molecule has 176 valence electrons. The molecule has 0 aliphatic carbocycles. The second kappa shape index (κ2) is 18.9. The van der Waals surface area contributed by atoms with Crippen molar-refractivity contribution >= 4 is 17.6 Å². The second-order valence-corrected chi connectivity index (χ2v) is 8.49. The SMILES string of the molecule is CCCCCCCCCCCCOC(=O)CCCC(=O)N(CCCC)c1ccccc1. The number of ether oxygens (including phenoxy) is 1. The van der Waals surface area contributed by atoms with Crippen molar-refractivity contribution in [3.05, 3.63) is 30.3 Å². The molecule has 0 atom stereocenters. The van der Waals surface area contributed by atoms with Crippen molar-refractivity contribution < 1.29 is 14.3 Å². The molecule has 0 saturated carbocycles. The van der Waals surface area contributed by atoms with Crippen LogP contribution < -0.4 is 4.90 Å². The molecule has 31 heavy (non-hydrogen) atoms. The molecule has 0 fully saturated rings. The first-order valence-corrected chi connectivity index (χ1v) is 12.7. The van der Waals surface area contributed by atoms with Gasteiger partial charge in [0.25, 0.3) is 0 Å². The van der Waals surface area contributed by atoms with Crippen molar-refractivity contribution in [3.63, 3.8) is 0 Å². The van der Waals surface area contributed by atoms with Gasteiger partial charge in [0.1, 0.15) is 0 Å². The van der Waals surface area contributed by atoms with Crippen LogP contribution in [0.4, 0.5) is 5.69 Å². The highest BCUT2D eigenvalue weighted by Crippen LogP contribution is 2.17. The quantitative estimate of drug-likeness (QED) is 0.169. The summed E-state index contributed by atoms with van der Waals surface area (Å²) in [4.78, 5) is 26.5. The summed E-state index contributed by atoms with van der Waals surface area (Å²) in [6.45, 7) is 5.61. The maximum Gasteiger partial charge on any atom is 0.305 e. The molecule has 1 amide bonds. The van der Waals surface area contributed by atoms with Crippen molar-refractivity contribution in [2.24, 2.45) is 0 Å². The molecule has 0 aromatic heterocycles. The van der Waals surface area contributed by atoms with Gasteiger partial charge in [0, 0.05) is 25.1 Å². The average Bonchev–Trinajstić information content (AvgIpc) is 2.78. The van der Waals surface area contributed by atoms with Crippen molar-refractivity contribution in [1.29, 1.82) is 0 Å². The van der Waals surface area contributed by atoms with E-state index in [4.69, 9.17) is 4.74 Å². The number of unbranched alkanes of at least 4 members (excludes halogenated alkanes) is 10. The molecule has 0 bridgehead atoms. The molecule has 0 saturated heterocycles. The molecule has 1 aromatic carbocycles. The van der Waals surface area contributed by atoms with Crippen LogP contribution in [0.2, 0.25) is 0 Å². The number of rotatable bonds is 19. The number of hydrogen-bond donors (Lipinski definition) is 0. The number of benzene rings is 1. The first-order valence-electron chi connectivity index (χ1n) is 12.7. The lowest BCUT2D eigenvalue weighted by atomic mass is 10.1. The van der Waals surface area contributed by atoms with Gasteiger partial charge in [-0.25, -0.2) is 0 Å². The van der Waals surface area contributed by atoms with Gasteiger partial charge in [0.15, 0.2) is 0 Å². The summed E-state index contributed by atoms with van der Waals surface area (Å²) in [5, 5.41) is 0. The number of hydrogen-bond acceptors (Lipinski definition) is 3. The van der Waals surface area contributed by atoms with Crippen molar-refractivity contribution in [2.45, 2.75) is 110 Å². The Bertz CT molecular complexity index is 573. The van der Waals surface area contributed by atoms with Crippen LogP contribution in [-0.4, -0.2) is 25.0 Å². The number of anilines is 1. The number of carbonyl (C=O) groups excluding carboxylic acids is 2. The van der Waals surface area contributed by atoms with E-state index in [1.807, 2.05) is 35.2 Å². The Kier molecular flexibility index (Phi) is 16.6. The fourth-order valence-electron chi connectivity index (χ4n) is 3.69. The van der Waals surface area contributed by atoms with Gasteiger partial charge >= 0.3 is 5.97 Å². The Morgan fingerprint density at radius 3 is 1.90 bits per heavy atom. The van der Waals surface area contributed by atoms with Crippen LogP contribution in [0, 0.1) is 0 Å². The topological polar surface area (TPSA) is 46.6 Å². The third-order valence-corrected chi connectivity index (χ3v) is 5.64. The summed E-state index contributed by atoms with van der Waals surface area (Å²) in [7, 11) is 0. The van der Waals surface area contributed by atoms with Crippen LogP contribution in [0.15, 0.2) is 30.3 Å². The summed E-state index contributed by atoms with van der Waals surface area (Å²) in [6, 6.07) is 9.79. The molecule has 4 heteroatoms. The fraction of sp³-hybridized carbons (Fsp3) is 0.704. The smallest absolute Gasteiger partial charge is 0.305 e. The third-order valence-electron chi connectivity index (χ3n) is 5.64. The zero-order valence-electron chi connectivity index (χ0n) is 20.1. The summed E-state index contributed by atoms with van der Waals surface area (Å²) in [6.07, 6.45) is 16.0. The monoisotopic (exact) mass is 431 g/mol. The molecule has 0 aliphatic rings. The molecule has 1 aromatic rings. The van der Waals surface area contributed by atoms with Gasteiger partial charge < -0.3 is 9.64 Å². The lowest BCUT2D eigenvalue weighted by molar-refractivity contribution is -0.143. The van der Waals surface area contributed by atoms with E-state index in [1.54, 1.807) is 0 Å². The number of nitrogens with zero attached hydrogens (tertiary/aromatic N) is 1. The Labute approximate surface area is 190 Å². The Morgan fingerprint density at radius 2 is 1.29 bits per heavy atom. The highest BCUT2D eigenvalue weighted by Gasteiger charge is 2.15. The Hall–Kier alpha value is -1.84. The minimum atomic E-state index is -0.177. The summed E-state index contributed by atoms with van der Waals surface area (Å²) in [5.74, 6) is -0.0920. The van der Waals surface area contributed by atoms with Crippen LogP contribution >= 0.6 is 0 Å². The van der Waals surface area contributed by atoms with E-state index in [0.29, 0.717) is 25.9 Å². The number of amides is 1. The standard InChI is InChI=1S/C27H45NO3/c1-3-5-7-8-9-10-11-12-13-17-24-31-27(30)22-18-21-26(29)28(23-6-4-2)25-19-15-14-16-20-25/h14-16,19-20H,3-13,17-18,21-24H2,1-2H3. The maximum absolute atomic E-state index is 12.7. The molecule has 0 spiro atoms. The van der Waals surface area contributed by atoms with E-state index in [2.05, 4.69) is 13.8 Å². The molecule has 1 rings (SSSR count). The average molecular weight is 432 g/mol. The Morgan fingerprint density at radius 1 is 0.710 bits per heavy atom. The Balaban J connectivity index is 2.09.